The molecular weight excluding hydrogens is 144 g/mol. The van der Waals surface area contributed by atoms with Gasteiger partial charge in [-0.25, -0.2) is 0 Å². The van der Waals surface area contributed by atoms with E-state index in [1.807, 2.05) is 0 Å². The topological polar surface area (TPSA) is 38.7 Å². The monoisotopic (exact) mass is 158 g/mol. The Labute approximate surface area is 66.3 Å². The third kappa shape index (κ3) is 1.08. The van der Waals surface area contributed by atoms with Crippen molar-refractivity contribution in [3.8, 4) is 0 Å². The third-order valence-electron chi connectivity index (χ3n) is 2.59. The van der Waals surface area contributed by atoms with Crippen LogP contribution in [0.5, 0.6) is 0 Å². The number of rotatable bonds is 0. The molecule has 0 saturated carbocycles. The average molecular weight is 158 g/mol. The summed E-state index contributed by atoms with van der Waals surface area (Å²) in [7, 11) is 0. The normalized spacial score (nSPS) is 47.7. The lowest BCUT2D eigenvalue weighted by atomic mass is 9.80. The quantitative estimate of drug-likeness (QED) is 0.558. The van der Waals surface area contributed by atoms with Crippen molar-refractivity contribution in [3.05, 3.63) is 0 Å². The van der Waals surface area contributed by atoms with E-state index in [4.69, 9.17) is 9.47 Å². The molecule has 0 aromatic rings. The Morgan fingerprint density at radius 1 is 1.45 bits per heavy atom. The molecular formula is C8H14O3. The van der Waals surface area contributed by atoms with Gasteiger partial charge in [-0.2, -0.15) is 0 Å². The number of ether oxygens (including phenoxy) is 2. The maximum absolute atomic E-state index is 9.67. The minimum absolute atomic E-state index is 0.0515. The molecule has 3 atom stereocenters. The predicted molar refractivity (Wildman–Crippen MR) is 39.0 cm³/mol. The molecule has 2 fully saturated rings. The summed E-state index contributed by atoms with van der Waals surface area (Å²) in [6.45, 7) is 4.74. The van der Waals surface area contributed by atoms with Crippen molar-refractivity contribution in [2.24, 2.45) is 5.41 Å². The summed E-state index contributed by atoms with van der Waals surface area (Å²) in [5.74, 6) is 0. The first kappa shape index (κ1) is 7.53. The zero-order valence-corrected chi connectivity index (χ0v) is 6.91. The molecule has 2 saturated heterocycles. The highest BCUT2D eigenvalue weighted by Gasteiger charge is 2.47. The van der Waals surface area contributed by atoms with Crippen LogP contribution in [-0.2, 0) is 9.47 Å². The van der Waals surface area contributed by atoms with E-state index in [1.54, 1.807) is 0 Å². The Balaban J connectivity index is 2.18. The second-order valence-electron chi connectivity index (χ2n) is 4.10. The highest BCUT2D eigenvalue weighted by Crippen LogP contribution is 2.39. The van der Waals surface area contributed by atoms with Crippen LogP contribution >= 0.6 is 0 Å². The zero-order valence-electron chi connectivity index (χ0n) is 6.91. The van der Waals surface area contributed by atoms with Crippen molar-refractivity contribution in [3.63, 3.8) is 0 Å². The van der Waals surface area contributed by atoms with Crippen LogP contribution in [0.1, 0.15) is 20.3 Å². The molecule has 0 aromatic heterocycles. The largest absolute Gasteiger partial charge is 0.387 e. The van der Waals surface area contributed by atoms with E-state index in [1.165, 1.54) is 0 Å². The van der Waals surface area contributed by atoms with E-state index < -0.39 is 6.10 Å². The Morgan fingerprint density at radius 2 is 2.18 bits per heavy atom. The van der Waals surface area contributed by atoms with Gasteiger partial charge in [-0.15, -0.1) is 0 Å². The Bertz CT molecular complexity index is 167. The summed E-state index contributed by atoms with van der Waals surface area (Å²) in [6, 6.07) is 0. The van der Waals surface area contributed by atoms with Crippen LogP contribution in [0.25, 0.3) is 0 Å². The molecule has 64 valence electrons. The number of hydrogen-bond donors (Lipinski definition) is 1. The summed E-state index contributed by atoms with van der Waals surface area (Å²) in [5, 5.41) is 9.67. The van der Waals surface area contributed by atoms with E-state index in [0.717, 1.165) is 6.42 Å². The van der Waals surface area contributed by atoms with Crippen LogP contribution in [0, 0.1) is 5.41 Å². The highest BCUT2D eigenvalue weighted by molar-refractivity contribution is 4.91. The van der Waals surface area contributed by atoms with Gasteiger partial charge in [0.1, 0.15) is 6.10 Å². The van der Waals surface area contributed by atoms with Crippen LogP contribution in [0.4, 0.5) is 0 Å². The van der Waals surface area contributed by atoms with E-state index in [-0.39, 0.29) is 17.8 Å². The standard InChI is InChI=1S/C8H14O3/c1-8(2)3-5-4-10-7(11-5)6(8)9/h5-7,9H,3-4H2,1-2H3/t5-,6+,7+/m0/s1. The molecule has 11 heavy (non-hydrogen) atoms. The maximum Gasteiger partial charge on any atom is 0.184 e. The van der Waals surface area contributed by atoms with E-state index in [0.29, 0.717) is 6.61 Å². The minimum atomic E-state index is -0.471. The molecule has 3 heteroatoms. The van der Waals surface area contributed by atoms with Crippen LogP contribution < -0.4 is 0 Å². The zero-order chi connectivity index (χ0) is 8.06. The van der Waals surface area contributed by atoms with Crippen molar-refractivity contribution in [2.45, 2.75) is 38.8 Å². The van der Waals surface area contributed by atoms with Gasteiger partial charge in [0.25, 0.3) is 0 Å². The van der Waals surface area contributed by atoms with Crippen molar-refractivity contribution in [1.29, 1.82) is 0 Å². The minimum Gasteiger partial charge on any atom is -0.387 e. The van der Waals surface area contributed by atoms with Crippen LogP contribution in [0.3, 0.4) is 0 Å². The van der Waals surface area contributed by atoms with Crippen molar-refractivity contribution in [1.82, 2.24) is 0 Å². The van der Waals surface area contributed by atoms with E-state index >= 15 is 0 Å². The third-order valence-corrected chi connectivity index (χ3v) is 2.59. The number of aliphatic hydroxyl groups excluding tert-OH is 1. The highest BCUT2D eigenvalue weighted by atomic mass is 16.7. The first-order chi connectivity index (χ1) is 5.09. The SMILES string of the molecule is CC1(C)C[C@H]2CO[C@H](O2)[C@H]1O. The molecule has 2 heterocycles. The summed E-state index contributed by atoms with van der Waals surface area (Å²) >= 11 is 0. The second kappa shape index (κ2) is 2.19. The molecule has 2 bridgehead atoms. The molecule has 0 radical (unpaired) electrons. The summed E-state index contributed by atoms with van der Waals surface area (Å²) in [6.07, 6.45) is 0.258. The maximum atomic E-state index is 9.67. The lowest BCUT2D eigenvalue weighted by molar-refractivity contribution is -0.196. The van der Waals surface area contributed by atoms with Gasteiger partial charge in [0.2, 0.25) is 0 Å². The predicted octanol–water partition coefficient (Wildman–Crippen LogP) is 0.519. The first-order valence-corrected chi connectivity index (χ1v) is 4.05. The van der Waals surface area contributed by atoms with Crippen molar-refractivity contribution >= 4 is 0 Å². The van der Waals surface area contributed by atoms with Gasteiger partial charge in [-0.1, -0.05) is 13.8 Å². The van der Waals surface area contributed by atoms with Gasteiger partial charge in [0, 0.05) is 0 Å². The van der Waals surface area contributed by atoms with Crippen LogP contribution in [-0.4, -0.2) is 30.2 Å². The van der Waals surface area contributed by atoms with Crippen LogP contribution in [0.15, 0.2) is 0 Å². The molecule has 2 aliphatic heterocycles. The molecule has 2 rings (SSSR count). The summed E-state index contributed by atoms with van der Waals surface area (Å²) in [5.41, 5.74) is -0.0515. The average Bonchev–Trinajstić information content (AvgIpc) is 2.29. The lowest BCUT2D eigenvalue weighted by Crippen LogP contribution is -2.45. The van der Waals surface area contributed by atoms with Gasteiger partial charge in [0.15, 0.2) is 6.29 Å². The molecule has 3 nitrogen and oxygen atoms in total. The summed E-state index contributed by atoms with van der Waals surface area (Å²) < 4.78 is 10.6. The van der Waals surface area contributed by atoms with Gasteiger partial charge >= 0.3 is 0 Å². The molecule has 1 N–H and O–H groups in total. The van der Waals surface area contributed by atoms with E-state index in [2.05, 4.69) is 13.8 Å². The number of fused-ring (bicyclic) bond motifs is 2. The molecule has 2 aliphatic rings. The number of hydrogen-bond acceptors (Lipinski definition) is 3. The molecule has 0 unspecified atom stereocenters. The van der Waals surface area contributed by atoms with Crippen LogP contribution in [0.2, 0.25) is 0 Å². The molecule has 0 spiro atoms. The molecule has 0 aromatic carbocycles. The fourth-order valence-electron chi connectivity index (χ4n) is 1.82. The van der Waals surface area contributed by atoms with E-state index in [9.17, 15) is 5.11 Å². The smallest absolute Gasteiger partial charge is 0.184 e. The van der Waals surface area contributed by atoms with Gasteiger partial charge < -0.3 is 14.6 Å². The summed E-state index contributed by atoms with van der Waals surface area (Å²) in [4.78, 5) is 0. The number of aliphatic hydroxyl groups is 1. The second-order valence-corrected chi connectivity index (χ2v) is 4.10. The lowest BCUT2D eigenvalue weighted by Gasteiger charge is -2.37. The molecule has 0 amide bonds. The Morgan fingerprint density at radius 3 is 2.91 bits per heavy atom. The van der Waals surface area contributed by atoms with Gasteiger partial charge in [0.05, 0.1) is 12.7 Å². The van der Waals surface area contributed by atoms with Crippen molar-refractivity contribution in [2.75, 3.05) is 6.61 Å². The van der Waals surface area contributed by atoms with Gasteiger partial charge in [-0.05, 0) is 11.8 Å². The van der Waals surface area contributed by atoms with Crippen molar-refractivity contribution < 1.29 is 14.6 Å². The molecule has 0 aliphatic carbocycles. The fourth-order valence-corrected chi connectivity index (χ4v) is 1.82. The fraction of sp³-hybridized carbons (Fsp3) is 1.00. The van der Waals surface area contributed by atoms with Gasteiger partial charge in [-0.3, -0.25) is 0 Å². The first-order valence-electron chi connectivity index (χ1n) is 4.05. The Hall–Kier alpha value is -0.120. The Kier molecular flexibility index (Phi) is 1.50.